The topological polar surface area (TPSA) is 27.9 Å². The predicted octanol–water partition coefficient (Wildman–Crippen LogP) is 34.9. The van der Waals surface area contributed by atoms with Crippen molar-refractivity contribution in [3.63, 3.8) is 0 Å². The summed E-state index contributed by atoms with van der Waals surface area (Å²) in [7, 11) is 0. The summed E-state index contributed by atoms with van der Waals surface area (Å²) in [4.78, 5) is 0. The molecule has 3 aliphatic heterocycles. The zero-order valence-electron chi connectivity index (χ0n) is 76.4. The first-order valence-corrected chi connectivity index (χ1v) is 49.3. The first-order valence-electron chi connectivity index (χ1n) is 49.3. The van der Waals surface area contributed by atoms with E-state index in [0.717, 1.165) is 27.5 Å². The van der Waals surface area contributed by atoms with Crippen molar-refractivity contribution >= 4 is 109 Å². The molecule has 0 fully saturated rings. The van der Waals surface area contributed by atoms with E-state index in [4.69, 9.17) is 4.42 Å². The third-order valence-corrected chi connectivity index (χ3v) is 33.5. The number of nitrogens with zero attached hydrogens (tertiary/aromatic N) is 3. The van der Waals surface area contributed by atoms with Crippen molar-refractivity contribution in [2.24, 2.45) is 0 Å². The monoisotopic (exact) mass is 1780 g/mol. The van der Waals surface area contributed by atoms with E-state index in [-0.39, 0.29) is 5.41 Å². The SMILES string of the molecule is c1ccc2c(c1)-c1ccc(-c3cccc4c3oc3ccccc34)cc1C21c2ccccc2-n2c3ccccc3c3cccc1c32.c1ccc2c(c1)-c1cccc3c(-c4cc5c6c(c4)c4ccccc4n6-c4ccccc4C54c5ccccc5-c5ccccc54)ccc-2c13.c1ccc2c(c1)-c1cccc3c(-c4ccc5c(c4)c4cccc6c4n5-c4ccccc4C64c5ccccc5-c5ccccc54)ccc-2c13. The molecule has 5 aliphatic carbocycles. The molecule has 0 amide bonds. The van der Waals surface area contributed by atoms with Crippen LogP contribution in [0.5, 0.6) is 0 Å². The molecule has 0 saturated heterocycles. The highest BCUT2D eigenvalue weighted by molar-refractivity contribution is 6.24. The van der Waals surface area contributed by atoms with Crippen LogP contribution >= 0.6 is 0 Å². The van der Waals surface area contributed by atoms with E-state index in [1.807, 2.05) is 6.07 Å². The van der Waals surface area contributed by atoms with Gasteiger partial charge >= 0.3 is 0 Å². The van der Waals surface area contributed by atoms with E-state index >= 15 is 0 Å². The largest absolute Gasteiger partial charge is 0.455 e. The first kappa shape index (κ1) is 76.0. The lowest BCUT2D eigenvalue weighted by molar-refractivity contribution is 0.670. The molecule has 4 aromatic heterocycles. The minimum Gasteiger partial charge on any atom is -0.455 e. The minimum absolute atomic E-state index is 0.386. The quantitative estimate of drug-likeness (QED) is 0.173. The second-order valence-electron chi connectivity index (χ2n) is 39.5. The molecule has 1 unspecified atom stereocenters. The summed E-state index contributed by atoms with van der Waals surface area (Å²) in [6.07, 6.45) is 0. The van der Waals surface area contributed by atoms with Gasteiger partial charge < -0.3 is 18.1 Å². The maximum Gasteiger partial charge on any atom is 0.143 e. The highest BCUT2D eigenvalue weighted by Crippen LogP contribution is 2.67. The van der Waals surface area contributed by atoms with Crippen molar-refractivity contribution in [1.29, 1.82) is 0 Å². The van der Waals surface area contributed by atoms with E-state index in [2.05, 4.69) is 487 Å². The zero-order chi connectivity index (χ0) is 91.6. The lowest BCUT2D eigenvalue weighted by Gasteiger charge is -2.40. The lowest BCUT2D eigenvalue weighted by Crippen LogP contribution is -2.33. The van der Waals surface area contributed by atoms with Crippen LogP contribution in [0, 0.1) is 0 Å². The lowest BCUT2D eigenvalue weighted by atomic mass is 9.65. The van der Waals surface area contributed by atoms with Crippen molar-refractivity contribution in [3.05, 3.63) is 546 Å². The van der Waals surface area contributed by atoms with Crippen LogP contribution in [0.3, 0.4) is 0 Å². The van der Waals surface area contributed by atoms with Gasteiger partial charge in [0.25, 0.3) is 0 Å². The fourth-order valence-electron chi connectivity index (χ4n) is 28.3. The second kappa shape index (κ2) is 27.6. The average Bonchev–Trinajstić information content (AvgIpc) is 1.51. The number of benzene rings is 23. The average molecular weight is 1780 g/mol. The summed E-state index contributed by atoms with van der Waals surface area (Å²) in [6.45, 7) is 0. The van der Waals surface area contributed by atoms with Crippen LogP contribution in [-0.2, 0) is 16.2 Å². The van der Waals surface area contributed by atoms with E-state index < -0.39 is 10.8 Å². The van der Waals surface area contributed by atoms with Crippen molar-refractivity contribution in [3.8, 4) is 128 Å². The summed E-state index contributed by atoms with van der Waals surface area (Å²) in [6, 6.07) is 179. The molecule has 648 valence electrons. The Balaban J connectivity index is 0.0000000937. The van der Waals surface area contributed by atoms with Gasteiger partial charge in [0.15, 0.2) is 0 Å². The molecule has 23 aromatic carbocycles. The van der Waals surface area contributed by atoms with Gasteiger partial charge in [-0.2, -0.15) is 0 Å². The van der Waals surface area contributed by atoms with E-state index in [1.54, 1.807) is 0 Å². The molecule has 4 heteroatoms. The van der Waals surface area contributed by atoms with Gasteiger partial charge in [0.1, 0.15) is 11.2 Å². The number of rotatable bonds is 3. The fourth-order valence-corrected chi connectivity index (χ4v) is 28.3. The van der Waals surface area contributed by atoms with Crippen LogP contribution in [0.2, 0.25) is 0 Å². The minimum atomic E-state index is -0.468. The van der Waals surface area contributed by atoms with Gasteiger partial charge in [-0.1, -0.05) is 413 Å². The van der Waals surface area contributed by atoms with Crippen LogP contribution in [0.25, 0.3) is 237 Å². The van der Waals surface area contributed by atoms with Gasteiger partial charge in [0.2, 0.25) is 0 Å². The van der Waals surface area contributed by atoms with Gasteiger partial charge in [-0.25, -0.2) is 0 Å². The molecule has 27 aromatic rings. The Morgan fingerprint density at radius 1 is 0.149 bits per heavy atom. The second-order valence-corrected chi connectivity index (χ2v) is 39.5. The Bertz CT molecular complexity index is 10200. The molecule has 3 spiro atoms. The standard InChI is InChI=1S/2C47H27N.C43H25NO/c1-2-13-31-30(12-1)36-18-11-17-35-29(24-25-37(31)45(35)36)28-26-38-34-16-5-9-22-43(34)48-44-23-10-8-21-41(44)47(42(27-28)46(38)48)39-19-6-3-14-32(39)33-15-4-7-20-40(33)47;1-2-12-31-30(11-1)35-16-9-15-34-29(24-25-36(31)45(34)35)28-23-26-43-38(27-28)37-17-10-21-42-46(37)48(43)44-22-8-7-20-41(44)47(42)39-18-5-3-13-32(39)33-14-4-6-19-40(33)47;1-4-17-34-28(11-1)29-24-23-26(27-14-9-16-33-31-13-3-8-22-40(31)45-42(27)33)25-37(29)43(34)35-18-5-7-21-39(35)44-38-20-6-2-12-30(38)32-15-10-19-36(43)41(32)44/h2*1-27H;1-25H. The van der Waals surface area contributed by atoms with Crippen molar-refractivity contribution < 1.29 is 4.42 Å². The fraction of sp³-hybridized carbons (Fsp3) is 0.0219. The number of hydrogen-bond donors (Lipinski definition) is 0. The summed E-state index contributed by atoms with van der Waals surface area (Å²) in [5.74, 6) is 0. The summed E-state index contributed by atoms with van der Waals surface area (Å²) < 4.78 is 14.1. The van der Waals surface area contributed by atoms with Gasteiger partial charge in [-0.05, 0) is 261 Å². The van der Waals surface area contributed by atoms with E-state index in [0.29, 0.717) is 0 Å². The number of fused-ring (bicyclic) bond motifs is 45. The predicted molar refractivity (Wildman–Crippen MR) is 582 cm³/mol. The van der Waals surface area contributed by atoms with E-state index in [9.17, 15) is 0 Å². The normalized spacial score (nSPS) is 14.7. The summed E-state index contributed by atoms with van der Waals surface area (Å²) in [5, 5.41) is 15.5. The number of para-hydroxylation sites is 9. The third-order valence-electron chi connectivity index (χ3n) is 33.5. The van der Waals surface area contributed by atoms with Crippen LogP contribution in [0.1, 0.15) is 66.8 Å². The Morgan fingerprint density at radius 2 is 0.440 bits per heavy atom. The van der Waals surface area contributed by atoms with Crippen LogP contribution in [0.4, 0.5) is 0 Å². The molecule has 35 rings (SSSR count). The van der Waals surface area contributed by atoms with Gasteiger partial charge in [-0.3, -0.25) is 0 Å². The Labute approximate surface area is 811 Å². The Hall–Kier alpha value is -18.2. The van der Waals surface area contributed by atoms with Gasteiger partial charge in [-0.15, -0.1) is 0 Å². The number of hydrogen-bond acceptors (Lipinski definition) is 1. The maximum absolute atomic E-state index is 6.54. The molecule has 4 nitrogen and oxygen atoms in total. The summed E-state index contributed by atoms with van der Waals surface area (Å²) >= 11 is 0. The molecule has 8 aliphatic rings. The van der Waals surface area contributed by atoms with Crippen molar-refractivity contribution in [2.45, 2.75) is 16.2 Å². The highest BCUT2D eigenvalue weighted by atomic mass is 16.3. The van der Waals surface area contributed by atoms with Crippen LogP contribution in [-0.4, -0.2) is 13.7 Å². The zero-order valence-corrected chi connectivity index (χ0v) is 76.4. The van der Waals surface area contributed by atoms with Crippen LogP contribution in [0.15, 0.2) is 484 Å². The number of aromatic nitrogens is 3. The van der Waals surface area contributed by atoms with Crippen molar-refractivity contribution in [1.82, 2.24) is 13.7 Å². The molecule has 0 saturated carbocycles. The smallest absolute Gasteiger partial charge is 0.143 e. The Kier molecular flexibility index (Phi) is 14.9. The molecule has 141 heavy (non-hydrogen) atoms. The molecule has 0 radical (unpaired) electrons. The molecule has 0 bridgehead atoms. The van der Waals surface area contributed by atoms with Crippen LogP contribution < -0.4 is 0 Å². The van der Waals surface area contributed by atoms with Gasteiger partial charge in [0.05, 0.1) is 66.4 Å². The molecular weight excluding hydrogens is 1700 g/mol. The number of furan rings is 1. The molecule has 1 atom stereocenters. The maximum atomic E-state index is 6.54. The molecule has 7 heterocycles. The van der Waals surface area contributed by atoms with E-state index in [1.165, 1.54) is 276 Å². The highest BCUT2D eigenvalue weighted by Gasteiger charge is 2.55. The molecular formula is C137H79N3O. The first-order chi connectivity index (χ1) is 70.0. The Morgan fingerprint density at radius 3 is 0.943 bits per heavy atom. The summed E-state index contributed by atoms with van der Waals surface area (Å²) in [5.41, 5.74) is 54.2. The van der Waals surface area contributed by atoms with Crippen molar-refractivity contribution in [2.75, 3.05) is 0 Å². The third kappa shape index (κ3) is 9.42. The molecule has 0 N–H and O–H groups in total. The van der Waals surface area contributed by atoms with Gasteiger partial charge in [0, 0.05) is 48.7 Å².